The second kappa shape index (κ2) is 5.38. The number of hydrogen-bond donors (Lipinski definition) is 0. The minimum atomic E-state index is 0.387. The third-order valence-electron chi connectivity index (χ3n) is 2.77. The second-order valence-corrected chi connectivity index (χ2v) is 4.30. The Morgan fingerprint density at radius 3 is 2.69 bits per heavy atom. The lowest BCUT2D eigenvalue weighted by atomic mass is 9.81. The minimum Gasteiger partial charge on any atom is -0.384 e. The van der Waals surface area contributed by atoms with Gasteiger partial charge in [-0.1, -0.05) is 26.2 Å². The van der Waals surface area contributed by atoms with Gasteiger partial charge in [-0.15, -0.1) is 0 Å². The first-order valence-corrected chi connectivity index (χ1v) is 5.23. The van der Waals surface area contributed by atoms with Gasteiger partial charge < -0.3 is 4.74 Å². The molecule has 1 aliphatic carbocycles. The van der Waals surface area contributed by atoms with Gasteiger partial charge in [-0.3, -0.25) is 4.79 Å². The maximum atomic E-state index is 11.5. The summed E-state index contributed by atoms with van der Waals surface area (Å²) in [5.74, 6) is 1.52. The van der Waals surface area contributed by atoms with Crippen molar-refractivity contribution in [2.45, 2.75) is 39.0 Å². The first-order valence-electron chi connectivity index (χ1n) is 5.23. The van der Waals surface area contributed by atoms with Crippen molar-refractivity contribution >= 4 is 5.78 Å². The van der Waals surface area contributed by atoms with Crippen molar-refractivity contribution in [2.24, 2.45) is 11.8 Å². The number of rotatable bonds is 6. The van der Waals surface area contributed by atoms with Crippen molar-refractivity contribution in [3.63, 3.8) is 0 Å². The SMILES string of the molecule is COCC(C)CC(=O)CC1CCC1. The molecule has 0 radical (unpaired) electrons. The standard InChI is InChI=1S/C11H20O2/c1-9(8-13-2)6-11(12)7-10-4-3-5-10/h9-10H,3-8H2,1-2H3. The Morgan fingerprint density at radius 2 is 2.23 bits per heavy atom. The van der Waals surface area contributed by atoms with Crippen LogP contribution in [-0.4, -0.2) is 19.5 Å². The average molecular weight is 184 g/mol. The molecule has 1 unspecified atom stereocenters. The fraction of sp³-hybridized carbons (Fsp3) is 0.909. The molecular formula is C11H20O2. The second-order valence-electron chi connectivity index (χ2n) is 4.30. The van der Waals surface area contributed by atoms with E-state index < -0.39 is 0 Å². The summed E-state index contributed by atoms with van der Waals surface area (Å²) in [6.45, 7) is 2.78. The quantitative estimate of drug-likeness (QED) is 0.633. The molecule has 0 aromatic carbocycles. The van der Waals surface area contributed by atoms with Crippen molar-refractivity contribution < 1.29 is 9.53 Å². The highest BCUT2D eigenvalue weighted by Gasteiger charge is 2.21. The monoisotopic (exact) mass is 184 g/mol. The summed E-state index contributed by atoms with van der Waals surface area (Å²) >= 11 is 0. The zero-order valence-electron chi connectivity index (χ0n) is 8.71. The number of ketones is 1. The highest BCUT2D eigenvalue weighted by molar-refractivity contribution is 5.78. The molecular weight excluding hydrogens is 164 g/mol. The largest absolute Gasteiger partial charge is 0.384 e. The Bertz CT molecular complexity index is 161. The lowest BCUT2D eigenvalue weighted by Gasteiger charge is -2.24. The molecule has 1 aliphatic rings. The van der Waals surface area contributed by atoms with Crippen LogP contribution in [-0.2, 0) is 9.53 Å². The molecule has 0 spiro atoms. The van der Waals surface area contributed by atoms with Gasteiger partial charge in [0, 0.05) is 26.6 Å². The summed E-state index contributed by atoms with van der Waals surface area (Å²) < 4.78 is 5.00. The molecule has 0 aliphatic heterocycles. The van der Waals surface area contributed by atoms with Gasteiger partial charge in [-0.05, 0) is 11.8 Å². The van der Waals surface area contributed by atoms with Gasteiger partial charge in [0.1, 0.15) is 5.78 Å². The molecule has 0 bridgehead atoms. The van der Waals surface area contributed by atoms with E-state index in [9.17, 15) is 4.79 Å². The summed E-state index contributed by atoms with van der Waals surface area (Å²) in [5.41, 5.74) is 0. The Morgan fingerprint density at radius 1 is 1.54 bits per heavy atom. The van der Waals surface area contributed by atoms with E-state index in [1.165, 1.54) is 19.3 Å². The maximum Gasteiger partial charge on any atom is 0.133 e. The van der Waals surface area contributed by atoms with E-state index in [0.29, 0.717) is 30.6 Å². The van der Waals surface area contributed by atoms with Crippen LogP contribution in [0, 0.1) is 11.8 Å². The number of methoxy groups -OCH3 is 1. The predicted molar refractivity (Wildman–Crippen MR) is 52.6 cm³/mol. The van der Waals surface area contributed by atoms with Crippen LogP contribution in [0.5, 0.6) is 0 Å². The highest BCUT2D eigenvalue weighted by atomic mass is 16.5. The molecule has 0 saturated heterocycles. The van der Waals surface area contributed by atoms with Gasteiger partial charge in [-0.2, -0.15) is 0 Å². The highest BCUT2D eigenvalue weighted by Crippen LogP contribution is 2.30. The van der Waals surface area contributed by atoms with Crippen LogP contribution in [0.2, 0.25) is 0 Å². The molecule has 0 amide bonds. The van der Waals surface area contributed by atoms with Crippen LogP contribution >= 0.6 is 0 Å². The third-order valence-corrected chi connectivity index (χ3v) is 2.77. The van der Waals surface area contributed by atoms with Crippen LogP contribution in [0.4, 0.5) is 0 Å². The number of carbonyl (C=O) groups is 1. The van der Waals surface area contributed by atoms with Crippen LogP contribution in [0.3, 0.4) is 0 Å². The first kappa shape index (κ1) is 10.7. The smallest absolute Gasteiger partial charge is 0.133 e. The van der Waals surface area contributed by atoms with E-state index in [0.717, 1.165) is 6.42 Å². The molecule has 1 saturated carbocycles. The summed E-state index contributed by atoms with van der Waals surface area (Å²) in [4.78, 5) is 11.5. The van der Waals surface area contributed by atoms with Crippen LogP contribution in [0.25, 0.3) is 0 Å². The molecule has 2 nitrogen and oxygen atoms in total. The summed E-state index contributed by atoms with van der Waals surface area (Å²) in [6.07, 6.45) is 5.37. The van der Waals surface area contributed by atoms with Gasteiger partial charge in [0.25, 0.3) is 0 Å². The van der Waals surface area contributed by atoms with E-state index in [1.807, 2.05) is 0 Å². The first-order chi connectivity index (χ1) is 6.22. The van der Waals surface area contributed by atoms with E-state index >= 15 is 0 Å². The fourth-order valence-corrected chi connectivity index (χ4v) is 1.83. The Kier molecular flexibility index (Phi) is 4.43. The minimum absolute atomic E-state index is 0.387. The van der Waals surface area contributed by atoms with Crippen molar-refractivity contribution in [1.29, 1.82) is 0 Å². The van der Waals surface area contributed by atoms with Gasteiger partial charge in [-0.25, -0.2) is 0 Å². The Labute approximate surface area is 80.7 Å². The van der Waals surface area contributed by atoms with Crippen molar-refractivity contribution in [3.8, 4) is 0 Å². The van der Waals surface area contributed by atoms with Crippen LogP contribution in [0.15, 0.2) is 0 Å². The Balaban J connectivity index is 2.08. The zero-order valence-corrected chi connectivity index (χ0v) is 8.71. The van der Waals surface area contributed by atoms with Gasteiger partial charge in [0.15, 0.2) is 0 Å². The van der Waals surface area contributed by atoms with E-state index in [-0.39, 0.29) is 0 Å². The molecule has 13 heavy (non-hydrogen) atoms. The van der Waals surface area contributed by atoms with Gasteiger partial charge >= 0.3 is 0 Å². The van der Waals surface area contributed by atoms with E-state index in [1.54, 1.807) is 7.11 Å². The third kappa shape index (κ3) is 3.90. The maximum absolute atomic E-state index is 11.5. The van der Waals surface area contributed by atoms with Crippen molar-refractivity contribution in [2.75, 3.05) is 13.7 Å². The van der Waals surface area contributed by atoms with Crippen molar-refractivity contribution in [3.05, 3.63) is 0 Å². The summed E-state index contributed by atoms with van der Waals surface area (Å²) in [6, 6.07) is 0. The van der Waals surface area contributed by atoms with E-state index in [2.05, 4.69) is 6.92 Å². The number of ether oxygens (including phenoxy) is 1. The summed E-state index contributed by atoms with van der Waals surface area (Å²) in [5, 5.41) is 0. The fourth-order valence-electron chi connectivity index (χ4n) is 1.83. The lowest BCUT2D eigenvalue weighted by molar-refractivity contribution is -0.121. The number of carbonyl (C=O) groups excluding carboxylic acids is 1. The zero-order chi connectivity index (χ0) is 9.68. The normalized spacial score (nSPS) is 19.5. The molecule has 0 N–H and O–H groups in total. The Hall–Kier alpha value is -0.370. The molecule has 1 atom stereocenters. The van der Waals surface area contributed by atoms with E-state index in [4.69, 9.17) is 4.74 Å². The average Bonchev–Trinajstić information content (AvgIpc) is 1.97. The molecule has 0 aromatic heterocycles. The molecule has 1 rings (SSSR count). The van der Waals surface area contributed by atoms with Gasteiger partial charge in [0.05, 0.1) is 0 Å². The molecule has 0 aromatic rings. The van der Waals surface area contributed by atoms with Crippen LogP contribution < -0.4 is 0 Å². The summed E-state index contributed by atoms with van der Waals surface area (Å²) in [7, 11) is 1.69. The topological polar surface area (TPSA) is 26.3 Å². The molecule has 0 heterocycles. The molecule has 2 heteroatoms. The van der Waals surface area contributed by atoms with Crippen molar-refractivity contribution in [1.82, 2.24) is 0 Å². The number of hydrogen-bond acceptors (Lipinski definition) is 2. The number of Topliss-reactive ketones (excluding diaryl/α,β-unsaturated/α-hetero) is 1. The van der Waals surface area contributed by atoms with Crippen LogP contribution in [0.1, 0.15) is 39.0 Å². The lowest BCUT2D eigenvalue weighted by Crippen LogP contribution is -2.18. The molecule has 76 valence electrons. The van der Waals surface area contributed by atoms with Gasteiger partial charge in [0.2, 0.25) is 0 Å². The molecule has 1 fully saturated rings. The predicted octanol–water partition coefficient (Wildman–Crippen LogP) is 2.42.